The van der Waals surface area contributed by atoms with Crippen LogP contribution in [0.3, 0.4) is 0 Å². The van der Waals surface area contributed by atoms with Crippen LogP contribution in [-0.4, -0.2) is 28.1 Å². The molecule has 1 aliphatic rings. The van der Waals surface area contributed by atoms with Crippen LogP contribution in [0, 0.1) is 5.41 Å². The van der Waals surface area contributed by atoms with Gasteiger partial charge in [-0.3, -0.25) is 5.32 Å². The number of carbonyl (C=O) groups excluding carboxylic acids is 1. The van der Waals surface area contributed by atoms with Crippen LogP contribution in [0.1, 0.15) is 37.8 Å². The van der Waals surface area contributed by atoms with Crippen molar-refractivity contribution in [3.05, 3.63) is 10.6 Å². The van der Waals surface area contributed by atoms with Gasteiger partial charge in [-0.05, 0) is 24.7 Å². The highest BCUT2D eigenvalue weighted by Gasteiger charge is 2.32. The number of amides is 2. The molecule has 2 rings (SSSR count). The molecule has 6 nitrogen and oxygen atoms in total. The highest BCUT2D eigenvalue weighted by Crippen LogP contribution is 2.30. The van der Waals surface area contributed by atoms with Crippen molar-refractivity contribution < 1.29 is 14.7 Å². The number of rotatable bonds is 3. The van der Waals surface area contributed by atoms with Gasteiger partial charge in [0.2, 0.25) is 0 Å². The number of aliphatic carboxylic acids is 1. The summed E-state index contributed by atoms with van der Waals surface area (Å²) in [6, 6.07) is -1.48. The van der Waals surface area contributed by atoms with Crippen molar-refractivity contribution in [1.29, 1.82) is 0 Å². The fraction of sp³-hybridized carbons (Fsp3) is 0.615. The van der Waals surface area contributed by atoms with Crippen molar-refractivity contribution in [3.8, 4) is 0 Å². The second-order valence-electron chi connectivity index (χ2n) is 5.98. The third kappa shape index (κ3) is 3.27. The lowest BCUT2D eigenvalue weighted by Crippen LogP contribution is -2.50. The molecular formula is C13H19N3O3S. The van der Waals surface area contributed by atoms with Gasteiger partial charge in [0.1, 0.15) is 6.04 Å². The van der Waals surface area contributed by atoms with Crippen LogP contribution in [0.5, 0.6) is 0 Å². The fourth-order valence-electron chi connectivity index (χ4n) is 2.16. The summed E-state index contributed by atoms with van der Waals surface area (Å²) >= 11 is 1.46. The van der Waals surface area contributed by atoms with Gasteiger partial charge in [0.05, 0.1) is 5.69 Å². The van der Waals surface area contributed by atoms with Crippen LogP contribution in [0.15, 0.2) is 0 Å². The third-order valence-electron chi connectivity index (χ3n) is 3.20. The minimum Gasteiger partial charge on any atom is -0.480 e. The predicted molar refractivity (Wildman–Crippen MR) is 77.2 cm³/mol. The zero-order valence-corrected chi connectivity index (χ0v) is 12.6. The molecule has 20 heavy (non-hydrogen) atoms. The number of aromatic nitrogens is 1. The maximum Gasteiger partial charge on any atom is 0.326 e. The molecule has 7 heteroatoms. The standard InChI is InChI=1S/C13H19N3O3S/c1-13(2,3)9(10(17)18)15-11(19)16-12-14-7-5-4-6-8(7)20-12/h9H,4-6H2,1-3H3,(H,17,18)(H2,14,15,16,19)/t9-/m1/s1. The Morgan fingerprint density at radius 3 is 2.60 bits per heavy atom. The second-order valence-corrected chi connectivity index (χ2v) is 7.06. The minimum atomic E-state index is -1.05. The number of urea groups is 1. The molecule has 0 aliphatic heterocycles. The number of nitrogens with one attached hydrogen (secondary N) is 2. The SMILES string of the molecule is CC(C)(C)[C@H](NC(=O)Nc1nc2c(s1)CCC2)C(=O)O. The Labute approximate surface area is 121 Å². The number of hydrogen-bond donors (Lipinski definition) is 3. The number of carbonyl (C=O) groups is 2. The number of anilines is 1. The van der Waals surface area contributed by atoms with E-state index in [0.717, 1.165) is 25.0 Å². The van der Waals surface area contributed by atoms with Crippen molar-refractivity contribution in [2.24, 2.45) is 5.41 Å². The van der Waals surface area contributed by atoms with Crippen LogP contribution < -0.4 is 10.6 Å². The third-order valence-corrected chi connectivity index (χ3v) is 4.28. The van der Waals surface area contributed by atoms with Gasteiger partial charge in [0, 0.05) is 4.88 Å². The quantitative estimate of drug-likeness (QED) is 0.798. The zero-order valence-electron chi connectivity index (χ0n) is 11.8. The molecule has 1 heterocycles. The molecule has 0 fully saturated rings. The molecule has 0 unspecified atom stereocenters. The summed E-state index contributed by atoms with van der Waals surface area (Å²) in [4.78, 5) is 28.6. The van der Waals surface area contributed by atoms with Gasteiger partial charge in [-0.25, -0.2) is 14.6 Å². The van der Waals surface area contributed by atoms with Crippen molar-refractivity contribution in [1.82, 2.24) is 10.3 Å². The number of nitrogens with zero attached hydrogens (tertiary/aromatic N) is 1. The van der Waals surface area contributed by atoms with E-state index in [-0.39, 0.29) is 0 Å². The molecule has 0 spiro atoms. The van der Waals surface area contributed by atoms with Crippen molar-refractivity contribution in [2.75, 3.05) is 5.32 Å². The van der Waals surface area contributed by atoms with Gasteiger partial charge in [-0.2, -0.15) is 0 Å². The maximum absolute atomic E-state index is 11.9. The van der Waals surface area contributed by atoms with E-state index in [1.165, 1.54) is 16.2 Å². The van der Waals surface area contributed by atoms with E-state index < -0.39 is 23.5 Å². The van der Waals surface area contributed by atoms with E-state index in [0.29, 0.717) is 5.13 Å². The largest absolute Gasteiger partial charge is 0.480 e. The Morgan fingerprint density at radius 1 is 1.35 bits per heavy atom. The van der Waals surface area contributed by atoms with E-state index >= 15 is 0 Å². The summed E-state index contributed by atoms with van der Waals surface area (Å²) in [6.45, 7) is 5.30. The van der Waals surface area contributed by atoms with Crippen molar-refractivity contribution >= 4 is 28.5 Å². The van der Waals surface area contributed by atoms with Gasteiger partial charge in [-0.15, -0.1) is 11.3 Å². The minimum absolute atomic E-state index is 0.528. The summed E-state index contributed by atoms with van der Waals surface area (Å²) in [5.41, 5.74) is 0.490. The molecule has 1 aromatic heterocycles. The number of hydrogen-bond acceptors (Lipinski definition) is 4. The summed E-state index contributed by atoms with van der Waals surface area (Å²) in [7, 11) is 0. The van der Waals surface area contributed by atoms with Gasteiger partial charge in [0.15, 0.2) is 5.13 Å². The van der Waals surface area contributed by atoms with E-state index in [9.17, 15) is 9.59 Å². The second kappa shape index (κ2) is 5.40. The average Bonchev–Trinajstić information content (AvgIpc) is 2.84. The molecule has 0 saturated carbocycles. The fourth-order valence-corrected chi connectivity index (χ4v) is 3.20. The number of carboxylic acid groups (broad SMARTS) is 1. The molecule has 0 radical (unpaired) electrons. The zero-order chi connectivity index (χ0) is 14.9. The monoisotopic (exact) mass is 297 g/mol. The van der Waals surface area contributed by atoms with Crippen molar-refractivity contribution in [3.63, 3.8) is 0 Å². The van der Waals surface area contributed by atoms with E-state index in [2.05, 4.69) is 15.6 Å². The Hall–Kier alpha value is -1.63. The number of aryl methyl sites for hydroxylation is 2. The molecule has 2 amide bonds. The lowest BCUT2D eigenvalue weighted by atomic mass is 9.87. The Bertz CT molecular complexity index is 512. The molecule has 1 atom stereocenters. The molecule has 1 aliphatic carbocycles. The first-order chi connectivity index (χ1) is 9.27. The van der Waals surface area contributed by atoms with Crippen LogP contribution >= 0.6 is 11.3 Å². The predicted octanol–water partition coefficient (Wildman–Crippen LogP) is 2.25. The van der Waals surface area contributed by atoms with Crippen LogP contribution in [0.2, 0.25) is 0 Å². The Kier molecular flexibility index (Phi) is 3.99. The Balaban J connectivity index is 1.99. The lowest BCUT2D eigenvalue weighted by Gasteiger charge is -2.27. The first-order valence-electron chi connectivity index (χ1n) is 6.56. The van der Waals surface area contributed by atoms with E-state index in [1.54, 1.807) is 20.8 Å². The van der Waals surface area contributed by atoms with E-state index in [1.807, 2.05) is 0 Å². The number of fused-ring (bicyclic) bond motifs is 1. The lowest BCUT2D eigenvalue weighted by molar-refractivity contribution is -0.141. The molecule has 1 aromatic rings. The smallest absolute Gasteiger partial charge is 0.326 e. The molecule has 0 bridgehead atoms. The Morgan fingerprint density at radius 2 is 2.05 bits per heavy atom. The summed E-state index contributed by atoms with van der Waals surface area (Å²) < 4.78 is 0. The first-order valence-corrected chi connectivity index (χ1v) is 7.38. The van der Waals surface area contributed by atoms with E-state index in [4.69, 9.17) is 5.11 Å². The van der Waals surface area contributed by atoms with Gasteiger partial charge < -0.3 is 10.4 Å². The maximum atomic E-state index is 11.9. The average molecular weight is 297 g/mol. The number of thiazole rings is 1. The summed E-state index contributed by atoms with van der Waals surface area (Å²) in [6.07, 6.45) is 3.08. The highest BCUT2D eigenvalue weighted by molar-refractivity contribution is 7.15. The molecule has 110 valence electrons. The van der Waals surface area contributed by atoms with Crippen LogP contribution in [-0.2, 0) is 17.6 Å². The summed E-state index contributed by atoms with van der Waals surface area (Å²) in [5.74, 6) is -1.05. The molecule has 3 N–H and O–H groups in total. The van der Waals surface area contributed by atoms with Crippen molar-refractivity contribution in [2.45, 2.75) is 46.1 Å². The number of carboxylic acids is 1. The summed E-state index contributed by atoms with van der Waals surface area (Å²) in [5, 5.41) is 14.8. The van der Waals surface area contributed by atoms with Gasteiger partial charge in [-0.1, -0.05) is 20.8 Å². The highest BCUT2D eigenvalue weighted by atomic mass is 32.1. The first kappa shape index (κ1) is 14.8. The van der Waals surface area contributed by atoms with Crippen LogP contribution in [0.25, 0.3) is 0 Å². The normalized spacial score (nSPS) is 15.6. The molecule has 0 aromatic carbocycles. The van der Waals surface area contributed by atoms with Gasteiger partial charge >= 0.3 is 12.0 Å². The van der Waals surface area contributed by atoms with Crippen LogP contribution in [0.4, 0.5) is 9.93 Å². The molecule has 0 saturated heterocycles. The topological polar surface area (TPSA) is 91.3 Å². The molecular weight excluding hydrogens is 278 g/mol. The van der Waals surface area contributed by atoms with Gasteiger partial charge in [0.25, 0.3) is 0 Å².